The van der Waals surface area contributed by atoms with Gasteiger partial charge in [-0.3, -0.25) is 0 Å². The molecule has 0 radical (unpaired) electrons. The predicted molar refractivity (Wildman–Crippen MR) is 77.5 cm³/mol. The maximum Gasteiger partial charge on any atom is 0.133 e. The van der Waals surface area contributed by atoms with E-state index in [1.807, 2.05) is 24.4 Å². The van der Waals surface area contributed by atoms with Crippen LogP contribution in [0.1, 0.15) is 13.8 Å². The van der Waals surface area contributed by atoms with Crippen LogP contribution in [0.4, 0.5) is 17.2 Å². The summed E-state index contributed by atoms with van der Waals surface area (Å²) in [7, 11) is 0. The normalized spacial score (nSPS) is 10.1. The Hall–Kier alpha value is -2.03. The Morgan fingerprint density at radius 2 is 1.83 bits per heavy atom. The summed E-state index contributed by atoms with van der Waals surface area (Å²) in [6.07, 6.45) is 1.88. The summed E-state index contributed by atoms with van der Waals surface area (Å²) in [6.45, 7) is 6.03. The van der Waals surface area contributed by atoms with Gasteiger partial charge in [0, 0.05) is 18.8 Å². The Morgan fingerprint density at radius 3 is 2.39 bits per heavy atom. The highest BCUT2D eigenvalue weighted by molar-refractivity contribution is 5.61. The van der Waals surface area contributed by atoms with Gasteiger partial charge in [-0.2, -0.15) is 0 Å². The molecule has 0 saturated heterocycles. The van der Waals surface area contributed by atoms with Gasteiger partial charge in [-0.25, -0.2) is 4.98 Å². The number of hydrogen-bond acceptors (Lipinski definition) is 3. The first-order chi connectivity index (χ1) is 8.85. The fourth-order valence-electron chi connectivity index (χ4n) is 1.94. The van der Waals surface area contributed by atoms with Gasteiger partial charge >= 0.3 is 0 Å². The topological polar surface area (TPSA) is 28.2 Å². The van der Waals surface area contributed by atoms with E-state index in [-0.39, 0.29) is 0 Å². The van der Waals surface area contributed by atoms with E-state index in [4.69, 9.17) is 0 Å². The standard InChI is InChI=1S/C15H19N3/c1-3-16-13-10-11-15(17-12-13)18(4-2)14-8-6-5-7-9-14/h5-12,16H,3-4H2,1-2H3. The SMILES string of the molecule is CCNc1ccc(N(CC)c2ccccc2)nc1. The first kappa shape index (κ1) is 12.4. The average molecular weight is 241 g/mol. The van der Waals surface area contributed by atoms with E-state index in [2.05, 4.69) is 53.3 Å². The summed E-state index contributed by atoms with van der Waals surface area (Å²) in [5, 5.41) is 3.25. The molecule has 18 heavy (non-hydrogen) atoms. The summed E-state index contributed by atoms with van der Waals surface area (Å²) in [5.41, 5.74) is 2.23. The summed E-state index contributed by atoms with van der Waals surface area (Å²) < 4.78 is 0. The van der Waals surface area contributed by atoms with Crippen molar-refractivity contribution in [2.75, 3.05) is 23.3 Å². The van der Waals surface area contributed by atoms with Gasteiger partial charge in [0.1, 0.15) is 5.82 Å². The third-order valence-electron chi connectivity index (χ3n) is 2.79. The number of anilines is 3. The number of aromatic nitrogens is 1. The summed E-state index contributed by atoms with van der Waals surface area (Å²) in [4.78, 5) is 6.70. The Bertz CT molecular complexity index is 465. The maximum atomic E-state index is 4.51. The van der Waals surface area contributed by atoms with Crippen LogP contribution in [0.25, 0.3) is 0 Å². The van der Waals surface area contributed by atoms with E-state index in [0.717, 1.165) is 24.6 Å². The van der Waals surface area contributed by atoms with Gasteiger partial charge in [0.05, 0.1) is 11.9 Å². The Kier molecular flexibility index (Phi) is 4.18. The van der Waals surface area contributed by atoms with Crippen LogP contribution in [0.15, 0.2) is 48.7 Å². The third kappa shape index (κ3) is 2.80. The first-order valence-electron chi connectivity index (χ1n) is 6.37. The highest BCUT2D eigenvalue weighted by atomic mass is 15.2. The molecule has 0 aliphatic heterocycles. The van der Waals surface area contributed by atoms with E-state index >= 15 is 0 Å². The molecule has 3 heteroatoms. The average Bonchev–Trinajstić information content (AvgIpc) is 2.43. The van der Waals surface area contributed by atoms with Crippen molar-refractivity contribution in [3.8, 4) is 0 Å². The predicted octanol–water partition coefficient (Wildman–Crippen LogP) is 3.67. The van der Waals surface area contributed by atoms with Crippen LogP contribution in [0, 0.1) is 0 Å². The number of pyridine rings is 1. The van der Waals surface area contributed by atoms with Crippen LogP contribution in [0.3, 0.4) is 0 Å². The van der Waals surface area contributed by atoms with Gasteiger partial charge in [-0.15, -0.1) is 0 Å². The molecule has 3 nitrogen and oxygen atoms in total. The van der Waals surface area contributed by atoms with Gasteiger partial charge < -0.3 is 10.2 Å². The van der Waals surface area contributed by atoms with Crippen molar-refractivity contribution in [2.45, 2.75) is 13.8 Å². The molecule has 0 saturated carbocycles. The first-order valence-corrected chi connectivity index (χ1v) is 6.37. The smallest absolute Gasteiger partial charge is 0.133 e. The largest absolute Gasteiger partial charge is 0.384 e. The molecule has 0 atom stereocenters. The second-order valence-electron chi connectivity index (χ2n) is 4.02. The number of benzene rings is 1. The summed E-state index contributed by atoms with van der Waals surface area (Å²) >= 11 is 0. The quantitative estimate of drug-likeness (QED) is 0.865. The van der Waals surface area contributed by atoms with E-state index in [9.17, 15) is 0 Å². The molecule has 0 bridgehead atoms. The van der Waals surface area contributed by atoms with Crippen molar-refractivity contribution in [1.29, 1.82) is 0 Å². The fraction of sp³-hybridized carbons (Fsp3) is 0.267. The second kappa shape index (κ2) is 6.05. The minimum atomic E-state index is 0.900. The lowest BCUT2D eigenvalue weighted by molar-refractivity contribution is 0.989. The van der Waals surface area contributed by atoms with E-state index in [1.54, 1.807) is 0 Å². The zero-order chi connectivity index (χ0) is 12.8. The van der Waals surface area contributed by atoms with Crippen LogP contribution >= 0.6 is 0 Å². The summed E-state index contributed by atoms with van der Waals surface area (Å²) in [5.74, 6) is 0.977. The van der Waals surface area contributed by atoms with Crippen molar-refractivity contribution in [1.82, 2.24) is 4.98 Å². The molecule has 1 aromatic carbocycles. The van der Waals surface area contributed by atoms with Crippen molar-refractivity contribution in [2.24, 2.45) is 0 Å². The third-order valence-corrected chi connectivity index (χ3v) is 2.79. The lowest BCUT2D eigenvalue weighted by atomic mass is 10.2. The Labute approximate surface area is 108 Å². The van der Waals surface area contributed by atoms with Gasteiger partial charge in [0.15, 0.2) is 0 Å². The summed E-state index contributed by atoms with van der Waals surface area (Å²) in [6, 6.07) is 14.4. The molecule has 0 unspecified atom stereocenters. The van der Waals surface area contributed by atoms with Crippen molar-refractivity contribution >= 4 is 17.2 Å². The van der Waals surface area contributed by atoms with Crippen molar-refractivity contribution in [3.05, 3.63) is 48.7 Å². The molecule has 1 N–H and O–H groups in total. The van der Waals surface area contributed by atoms with E-state index < -0.39 is 0 Å². The molecule has 94 valence electrons. The molecule has 0 aliphatic rings. The second-order valence-corrected chi connectivity index (χ2v) is 4.02. The van der Waals surface area contributed by atoms with Gasteiger partial charge in [-0.1, -0.05) is 18.2 Å². The zero-order valence-corrected chi connectivity index (χ0v) is 10.9. The molecule has 1 heterocycles. The molecule has 0 spiro atoms. The molecular formula is C15H19N3. The fourth-order valence-corrected chi connectivity index (χ4v) is 1.94. The van der Waals surface area contributed by atoms with E-state index in [0.29, 0.717) is 0 Å². The van der Waals surface area contributed by atoms with Crippen LogP contribution in [-0.2, 0) is 0 Å². The number of rotatable bonds is 5. The van der Waals surface area contributed by atoms with Crippen molar-refractivity contribution in [3.63, 3.8) is 0 Å². The van der Waals surface area contributed by atoms with Gasteiger partial charge in [0.2, 0.25) is 0 Å². The number of hydrogen-bond donors (Lipinski definition) is 1. The zero-order valence-electron chi connectivity index (χ0n) is 10.9. The minimum Gasteiger partial charge on any atom is -0.384 e. The lowest BCUT2D eigenvalue weighted by Gasteiger charge is -2.22. The Balaban J connectivity index is 2.23. The molecule has 0 amide bonds. The number of para-hydroxylation sites is 1. The van der Waals surface area contributed by atoms with Gasteiger partial charge in [0.25, 0.3) is 0 Å². The minimum absolute atomic E-state index is 0.900. The number of nitrogens with one attached hydrogen (secondary N) is 1. The van der Waals surface area contributed by atoms with Crippen LogP contribution in [-0.4, -0.2) is 18.1 Å². The molecule has 0 fully saturated rings. The van der Waals surface area contributed by atoms with Gasteiger partial charge in [-0.05, 0) is 38.1 Å². The van der Waals surface area contributed by atoms with Crippen LogP contribution in [0.2, 0.25) is 0 Å². The highest BCUT2D eigenvalue weighted by Gasteiger charge is 2.07. The van der Waals surface area contributed by atoms with E-state index in [1.165, 1.54) is 5.69 Å². The monoisotopic (exact) mass is 241 g/mol. The highest BCUT2D eigenvalue weighted by Crippen LogP contribution is 2.23. The van der Waals surface area contributed by atoms with Crippen LogP contribution < -0.4 is 10.2 Å². The molecular weight excluding hydrogens is 222 g/mol. The lowest BCUT2D eigenvalue weighted by Crippen LogP contribution is -2.17. The Morgan fingerprint density at radius 1 is 1.06 bits per heavy atom. The molecule has 1 aromatic heterocycles. The molecule has 0 aliphatic carbocycles. The van der Waals surface area contributed by atoms with Crippen LogP contribution in [0.5, 0.6) is 0 Å². The molecule has 2 aromatic rings. The number of nitrogens with zero attached hydrogens (tertiary/aromatic N) is 2. The van der Waals surface area contributed by atoms with Crippen molar-refractivity contribution < 1.29 is 0 Å². The maximum absolute atomic E-state index is 4.51. The molecule has 2 rings (SSSR count).